The number of pyridine rings is 1. The minimum atomic E-state index is 1.14. The van der Waals surface area contributed by atoms with Crippen molar-refractivity contribution in [2.75, 3.05) is 0 Å². The van der Waals surface area contributed by atoms with Gasteiger partial charge in [0.2, 0.25) is 0 Å². The Kier molecular flexibility index (Phi) is 3.13. The van der Waals surface area contributed by atoms with E-state index < -0.39 is 0 Å². The van der Waals surface area contributed by atoms with E-state index in [2.05, 4.69) is 70.9 Å². The summed E-state index contributed by atoms with van der Waals surface area (Å²) in [5, 5.41) is 0. The molecular weight excluding hydrogens is 364 g/mol. The largest absolute Gasteiger partial charge is 0.257 e. The SMILES string of the molecule is Cc1nc(C)c(I)c(I)c1C. The number of aryl methyl sites for hydroxylation is 2. The van der Waals surface area contributed by atoms with E-state index in [1.165, 1.54) is 12.7 Å². The van der Waals surface area contributed by atoms with Gasteiger partial charge in [-0.25, -0.2) is 0 Å². The summed E-state index contributed by atoms with van der Waals surface area (Å²) >= 11 is 4.71. The highest BCUT2D eigenvalue weighted by atomic mass is 127. The average molecular weight is 373 g/mol. The lowest BCUT2D eigenvalue weighted by atomic mass is 10.2. The standard InChI is InChI=1S/C8H9I2N/c1-4-5(2)11-6(3)8(10)7(4)9/h1-3H3. The fourth-order valence-corrected chi connectivity index (χ4v) is 2.17. The first kappa shape index (κ1) is 9.70. The Bertz CT molecular complexity index is 268. The molecule has 0 saturated heterocycles. The van der Waals surface area contributed by atoms with Gasteiger partial charge in [-0.3, -0.25) is 4.98 Å². The predicted molar refractivity (Wildman–Crippen MR) is 63.9 cm³/mol. The van der Waals surface area contributed by atoms with Gasteiger partial charge in [0.25, 0.3) is 0 Å². The van der Waals surface area contributed by atoms with Crippen LogP contribution < -0.4 is 0 Å². The summed E-state index contributed by atoms with van der Waals surface area (Å²) < 4.78 is 2.62. The van der Waals surface area contributed by atoms with E-state index in [1.54, 1.807) is 0 Å². The second kappa shape index (κ2) is 3.55. The number of halogens is 2. The molecule has 0 aromatic carbocycles. The van der Waals surface area contributed by atoms with Gasteiger partial charge in [0.15, 0.2) is 0 Å². The average Bonchev–Trinajstić information content (AvgIpc) is 1.97. The summed E-state index contributed by atoms with van der Waals surface area (Å²) in [5.74, 6) is 0. The molecule has 0 aliphatic carbocycles. The van der Waals surface area contributed by atoms with Crippen LogP contribution in [0.15, 0.2) is 0 Å². The third kappa shape index (κ3) is 1.85. The van der Waals surface area contributed by atoms with Crippen LogP contribution in [0, 0.1) is 27.9 Å². The van der Waals surface area contributed by atoms with Gasteiger partial charge in [-0.1, -0.05) is 0 Å². The quantitative estimate of drug-likeness (QED) is 0.637. The van der Waals surface area contributed by atoms with Gasteiger partial charge in [0, 0.05) is 12.8 Å². The molecule has 1 aromatic heterocycles. The number of hydrogen-bond donors (Lipinski definition) is 0. The molecule has 0 radical (unpaired) electrons. The molecule has 11 heavy (non-hydrogen) atoms. The number of aromatic nitrogens is 1. The van der Waals surface area contributed by atoms with Crippen LogP contribution in [0.3, 0.4) is 0 Å². The van der Waals surface area contributed by atoms with Gasteiger partial charge >= 0.3 is 0 Å². The smallest absolute Gasteiger partial charge is 0.0520 e. The minimum Gasteiger partial charge on any atom is -0.257 e. The molecule has 0 fully saturated rings. The lowest BCUT2D eigenvalue weighted by Gasteiger charge is -2.06. The van der Waals surface area contributed by atoms with Crippen molar-refractivity contribution in [3.05, 3.63) is 24.1 Å². The van der Waals surface area contributed by atoms with Crippen molar-refractivity contribution in [2.24, 2.45) is 0 Å². The molecular formula is C8H9I2N. The van der Waals surface area contributed by atoms with E-state index in [0.717, 1.165) is 11.4 Å². The van der Waals surface area contributed by atoms with Gasteiger partial charge in [0.1, 0.15) is 0 Å². The van der Waals surface area contributed by atoms with Gasteiger partial charge in [-0.05, 0) is 71.5 Å². The van der Waals surface area contributed by atoms with Crippen LogP contribution in [0.2, 0.25) is 0 Å². The molecule has 1 heterocycles. The van der Waals surface area contributed by atoms with Gasteiger partial charge in [-0.2, -0.15) is 0 Å². The van der Waals surface area contributed by atoms with Crippen molar-refractivity contribution in [1.29, 1.82) is 0 Å². The molecule has 3 heteroatoms. The van der Waals surface area contributed by atoms with Crippen LogP contribution in [-0.2, 0) is 0 Å². The van der Waals surface area contributed by atoms with Crippen molar-refractivity contribution in [1.82, 2.24) is 4.98 Å². The lowest BCUT2D eigenvalue weighted by Crippen LogP contribution is -1.98. The van der Waals surface area contributed by atoms with E-state index in [0.29, 0.717) is 0 Å². The molecule has 0 spiro atoms. The van der Waals surface area contributed by atoms with Gasteiger partial charge in [0.05, 0.1) is 5.69 Å². The molecule has 0 amide bonds. The Labute approximate surface area is 94.3 Å². The minimum absolute atomic E-state index is 1.14. The monoisotopic (exact) mass is 373 g/mol. The van der Waals surface area contributed by atoms with E-state index in [4.69, 9.17) is 0 Å². The maximum absolute atomic E-state index is 4.42. The summed E-state index contributed by atoms with van der Waals surface area (Å²) in [5.41, 5.74) is 3.59. The first-order valence-electron chi connectivity index (χ1n) is 3.33. The Morgan fingerprint density at radius 2 is 1.45 bits per heavy atom. The second-order valence-corrected chi connectivity index (χ2v) is 4.69. The van der Waals surface area contributed by atoms with Crippen molar-refractivity contribution in [3.63, 3.8) is 0 Å². The van der Waals surface area contributed by atoms with Crippen molar-refractivity contribution in [2.45, 2.75) is 20.8 Å². The molecule has 0 bridgehead atoms. The Hall–Kier alpha value is 0.610. The van der Waals surface area contributed by atoms with Crippen LogP contribution in [0.4, 0.5) is 0 Å². The molecule has 0 atom stereocenters. The zero-order valence-electron chi connectivity index (χ0n) is 6.70. The van der Waals surface area contributed by atoms with Crippen molar-refractivity contribution >= 4 is 45.2 Å². The Balaban J connectivity index is 3.46. The summed E-state index contributed by atoms with van der Waals surface area (Å²) in [4.78, 5) is 4.42. The van der Waals surface area contributed by atoms with Crippen LogP contribution in [0.25, 0.3) is 0 Å². The first-order chi connectivity index (χ1) is 5.04. The zero-order valence-corrected chi connectivity index (χ0v) is 11.0. The normalized spacial score (nSPS) is 10.3. The van der Waals surface area contributed by atoms with Crippen LogP contribution in [-0.4, -0.2) is 4.98 Å². The summed E-state index contributed by atoms with van der Waals surface area (Å²) in [7, 11) is 0. The lowest BCUT2D eigenvalue weighted by molar-refractivity contribution is 1.06. The predicted octanol–water partition coefficient (Wildman–Crippen LogP) is 3.22. The van der Waals surface area contributed by atoms with Crippen LogP contribution in [0.1, 0.15) is 17.0 Å². The molecule has 0 unspecified atom stereocenters. The molecule has 1 aromatic rings. The number of rotatable bonds is 0. The van der Waals surface area contributed by atoms with Crippen LogP contribution in [0.5, 0.6) is 0 Å². The maximum atomic E-state index is 4.42. The summed E-state index contributed by atoms with van der Waals surface area (Å²) in [6, 6.07) is 0. The Morgan fingerprint density at radius 1 is 0.909 bits per heavy atom. The summed E-state index contributed by atoms with van der Waals surface area (Å²) in [6.45, 7) is 6.22. The van der Waals surface area contributed by atoms with Gasteiger partial charge in [-0.15, -0.1) is 0 Å². The highest BCUT2D eigenvalue weighted by Gasteiger charge is 2.06. The van der Waals surface area contributed by atoms with Gasteiger partial charge < -0.3 is 0 Å². The third-order valence-corrected chi connectivity index (χ3v) is 5.42. The van der Waals surface area contributed by atoms with E-state index in [1.807, 2.05) is 0 Å². The van der Waals surface area contributed by atoms with E-state index in [-0.39, 0.29) is 0 Å². The Morgan fingerprint density at radius 3 is 2.00 bits per heavy atom. The zero-order chi connectivity index (χ0) is 8.59. The first-order valence-corrected chi connectivity index (χ1v) is 5.48. The molecule has 60 valence electrons. The van der Waals surface area contributed by atoms with Crippen molar-refractivity contribution < 1.29 is 0 Å². The molecule has 0 aliphatic rings. The molecule has 0 saturated carbocycles. The molecule has 0 aliphatic heterocycles. The molecule has 0 N–H and O–H groups in total. The third-order valence-electron chi connectivity index (χ3n) is 1.72. The fourth-order valence-electron chi connectivity index (χ4n) is 0.867. The number of hydrogen-bond acceptors (Lipinski definition) is 1. The van der Waals surface area contributed by atoms with E-state index >= 15 is 0 Å². The molecule has 1 rings (SSSR count). The van der Waals surface area contributed by atoms with Crippen LogP contribution >= 0.6 is 45.2 Å². The number of nitrogens with zero attached hydrogens (tertiary/aromatic N) is 1. The van der Waals surface area contributed by atoms with Crippen molar-refractivity contribution in [3.8, 4) is 0 Å². The summed E-state index contributed by atoms with van der Waals surface area (Å²) in [6.07, 6.45) is 0. The second-order valence-electron chi connectivity index (χ2n) is 2.54. The molecule has 1 nitrogen and oxygen atoms in total. The highest BCUT2D eigenvalue weighted by Crippen LogP contribution is 2.22. The van der Waals surface area contributed by atoms with E-state index in [9.17, 15) is 0 Å². The topological polar surface area (TPSA) is 12.9 Å². The maximum Gasteiger partial charge on any atom is 0.0520 e. The fraction of sp³-hybridized carbons (Fsp3) is 0.375. The highest BCUT2D eigenvalue weighted by molar-refractivity contribution is 14.1.